The van der Waals surface area contributed by atoms with E-state index in [0.29, 0.717) is 0 Å². The van der Waals surface area contributed by atoms with E-state index in [4.69, 9.17) is 0 Å². The van der Waals surface area contributed by atoms with Gasteiger partial charge in [0.25, 0.3) is 0 Å². The molecule has 0 spiro atoms. The summed E-state index contributed by atoms with van der Waals surface area (Å²) in [6.45, 7) is 19.1. The molecule has 0 atom stereocenters. The van der Waals surface area contributed by atoms with E-state index in [1.807, 2.05) is 7.76 Å². The first-order valence-corrected chi connectivity index (χ1v) is 19.2. The molecule has 4 heteroatoms. The summed E-state index contributed by atoms with van der Waals surface area (Å²) < 4.78 is 3.71. The fourth-order valence-electron chi connectivity index (χ4n) is 4.73. The number of hydrogen-bond acceptors (Lipinski definition) is 0. The Kier molecular flexibility index (Phi) is 9.06. The van der Waals surface area contributed by atoms with Crippen LogP contribution in [0.4, 0.5) is 0 Å². The van der Waals surface area contributed by atoms with E-state index >= 15 is 0 Å². The summed E-state index contributed by atoms with van der Waals surface area (Å²) >= 11 is -2.96. The Morgan fingerprint density at radius 1 is 0.750 bits per heavy atom. The SMILES string of the molecule is CCC1=CC(C(C)(C)C)=[C]([Ti]([CH3])([CH3])(=[SiH2])[C]2=C(C(C)(C)C)C=C(CC)C2)C1.Cl.Cl. The quantitative estimate of drug-likeness (QED) is 0.356. The van der Waals surface area contributed by atoms with Gasteiger partial charge < -0.3 is 0 Å². The van der Waals surface area contributed by atoms with E-state index in [1.54, 1.807) is 22.3 Å². The van der Waals surface area contributed by atoms with Crippen molar-refractivity contribution in [3.63, 3.8) is 0 Å². The first-order valence-electron chi connectivity index (χ1n) is 10.5. The molecule has 0 aromatic heterocycles. The van der Waals surface area contributed by atoms with E-state index < -0.39 is 14.0 Å². The Hall–Kier alpha value is 0.471. The Labute approximate surface area is 190 Å². The summed E-state index contributed by atoms with van der Waals surface area (Å²) in [5.74, 6) is 0. The molecule has 2 aliphatic carbocycles. The zero-order chi connectivity index (χ0) is 20.2. The maximum Gasteiger partial charge on any atom is -0.147 e. The van der Waals surface area contributed by atoms with Crippen molar-refractivity contribution in [1.29, 1.82) is 0 Å². The monoisotopic (exact) mass is 478 g/mol. The van der Waals surface area contributed by atoms with Gasteiger partial charge in [-0.1, -0.05) is 0 Å². The molecule has 0 nitrogen and oxygen atoms in total. The molecular formula is C24H44Cl2SiTi. The van der Waals surface area contributed by atoms with Crippen molar-refractivity contribution >= 4 is 32.4 Å². The second kappa shape index (κ2) is 8.91. The Morgan fingerprint density at radius 2 is 1.04 bits per heavy atom. The molecule has 162 valence electrons. The average Bonchev–Trinajstić information content (AvgIpc) is 3.11. The van der Waals surface area contributed by atoms with Crippen LogP contribution >= 0.6 is 24.8 Å². The molecule has 28 heavy (non-hydrogen) atoms. The molecule has 0 amide bonds. The number of rotatable bonds is 4. The van der Waals surface area contributed by atoms with E-state index in [2.05, 4.69) is 85.6 Å². The van der Waals surface area contributed by atoms with Crippen molar-refractivity contribution < 1.29 is 14.0 Å². The van der Waals surface area contributed by atoms with Crippen LogP contribution in [0.2, 0.25) is 10.5 Å². The predicted octanol–water partition coefficient (Wildman–Crippen LogP) is 8.24. The van der Waals surface area contributed by atoms with Gasteiger partial charge in [-0.2, -0.15) is 0 Å². The second-order valence-corrected chi connectivity index (χ2v) is 30.7. The van der Waals surface area contributed by atoms with Gasteiger partial charge in [0.1, 0.15) is 0 Å². The fraction of sp³-hybridized carbons (Fsp3) is 0.667. The molecule has 0 aliphatic heterocycles. The van der Waals surface area contributed by atoms with Gasteiger partial charge in [0, 0.05) is 0 Å². The topological polar surface area (TPSA) is 0 Å². The molecule has 0 heterocycles. The van der Waals surface area contributed by atoms with E-state index in [9.17, 15) is 0 Å². The van der Waals surface area contributed by atoms with Crippen molar-refractivity contribution in [1.82, 2.24) is 0 Å². The van der Waals surface area contributed by atoms with Gasteiger partial charge >= 0.3 is 166 Å². The summed E-state index contributed by atoms with van der Waals surface area (Å²) in [4.78, 5) is 0. The zero-order valence-electron chi connectivity index (χ0n) is 20.0. The van der Waals surface area contributed by atoms with Crippen molar-refractivity contribution in [3.05, 3.63) is 42.2 Å². The van der Waals surface area contributed by atoms with Crippen LogP contribution in [0.15, 0.2) is 42.2 Å². The van der Waals surface area contributed by atoms with Crippen LogP contribution in [0, 0.1) is 10.8 Å². The van der Waals surface area contributed by atoms with Crippen LogP contribution in [0.25, 0.3) is 0 Å². The summed E-state index contributed by atoms with van der Waals surface area (Å²) in [6, 6.07) is 0. The number of hydrogen-bond donors (Lipinski definition) is 0. The second-order valence-electron chi connectivity index (χ2n) is 11.6. The molecule has 0 radical (unpaired) electrons. The van der Waals surface area contributed by atoms with Crippen LogP contribution in [0.5, 0.6) is 0 Å². The first-order chi connectivity index (χ1) is 11.6. The number of allylic oxidation sites excluding steroid dienone is 8. The summed E-state index contributed by atoms with van der Waals surface area (Å²) in [5.41, 5.74) is 7.11. The molecule has 0 aromatic carbocycles. The zero-order valence-corrected chi connectivity index (χ0v) is 24.6. The van der Waals surface area contributed by atoms with Gasteiger partial charge in [-0.05, 0) is 0 Å². The molecule has 0 unspecified atom stereocenters. The third-order valence-corrected chi connectivity index (χ3v) is 17.6. The van der Waals surface area contributed by atoms with Crippen LogP contribution in [-0.4, -0.2) is 7.63 Å². The van der Waals surface area contributed by atoms with E-state index in [0.717, 1.165) is 0 Å². The van der Waals surface area contributed by atoms with Crippen LogP contribution < -0.4 is 0 Å². The Balaban J connectivity index is 0.00000364. The maximum absolute atomic E-state index is 2.96. The molecule has 2 rings (SSSR count). The largest absolute Gasteiger partial charge is 0.147 e. The van der Waals surface area contributed by atoms with Gasteiger partial charge in [0.05, 0.1) is 0 Å². The maximum atomic E-state index is 2.71. The molecule has 2 aliphatic rings. The standard InChI is InChI=1S/2C11H17.2CH3.2ClH.H2Si.Ti/c2*1-5-9-6-7-10(8-9)11(2,3)4;;;;;;/h2*8H,5-6H2,1-4H3;2*1H3;2*1H;1H2;. The van der Waals surface area contributed by atoms with Crippen LogP contribution in [0.1, 0.15) is 81.1 Å². The minimum Gasteiger partial charge on any atom is -0.147 e. The molecule has 0 saturated heterocycles. The predicted molar refractivity (Wildman–Crippen MR) is 134 cm³/mol. The van der Waals surface area contributed by atoms with E-state index in [1.165, 1.54) is 25.7 Å². The number of halogens is 2. The van der Waals surface area contributed by atoms with Gasteiger partial charge in [-0.15, -0.1) is 24.8 Å². The Morgan fingerprint density at radius 3 is 1.25 bits per heavy atom. The minimum atomic E-state index is -2.96. The van der Waals surface area contributed by atoms with Crippen LogP contribution in [-0.2, 0) is 14.0 Å². The van der Waals surface area contributed by atoms with Gasteiger partial charge in [0.2, 0.25) is 0 Å². The summed E-state index contributed by atoms with van der Waals surface area (Å²) in [7, 11) is 2.42. The third kappa shape index (κ3) is 5.39. The normalized spacial score (nSPS) is 18.7. The van der Waals surface area contributed by atoms with E-state index in [-0.39, 0.29) is 35.6 Å². The van der Waals surface area contributed by atoms with Crippen molar-refractivity contribution in [2.45, 2.75) is 91.5 Å². The molecule has 0 fully saturated rings. The van der Waals surface area contributed by atoms with Crippen molar-refractivity contribution in [2.24, 2.45) is 10.8 Å². The molecular weight excluding hydrogens is 435 g/mol. The third-order valence-electron chi connectivity index (χ3n) is 6.61. The fourth-order valence-corrected chi connectivity index (χ4v) is 14.5. The summed E-state index contributed by atoms with van der Waals surface area (Å²) in [6.07, 6.45) is 9.99. The Bertz CT molecular complexity index is 741. The molecule has 0 aromatic rings. The van der Waals surface area contributed by atoms with Gasteiger partial charge in [-0.25, -0.2) is 0 Å². The van der Waals surface area contributed by atoms with Crippen molar-refractivity contribution in [3.8, 4) is 0 Å². The smallest absolute Gasteiger partial charge is 0.147 e. The molecule has 0 N–H and O–H groups in total. The van der Waals surface area contributed by atoms with Crippen molar-refractivity contribution in [2.75, 3.05) is 0 Å². The van der Waals surface area contributed by atoms with Gasteiger partial charge in [-0.3, -0.25) is 0 Å². The average molecular weight is 479 g/mol. The van der Waals surface area contributed by atoms with Gasteiger partial charge in [0.15, 0.2) is 0 Å². The first kappa shape index (κ1) is 28.5. The molecule has 0 bridgehead atoms. The molecule has 0 saturated carbocycles. The summed E-state index contributed by atoms with van der Waals surface area (Å²) in [5, 5.41) is 5.41. The van der Waals surface area contributed by atoms with Crippen LogP contribution in [0.3, 0.4) is 0 Å². The minimum absolute atomic E-state index is 0.